The van der Waals surface area contributed by atoms with E-state index in [1.807, 2.05) is 0 Å². The minimum Gasteiger partial charge on any atom is -0.378 e. The van der Waals surface area contributed by atoms with Gasteiger partial charge in [-0.25, -0.2) is 0 Å². The highest BCUT2D eigenvalue weighted by Crippen LogP contribution is 2.09. The van der Waals surface area contributed by atoms with Gasteiger partial charge in [0.05, 0.1) is 13.2 Å². The molecule has 1 fully saturated rings. The number of hydrogen-bond acceptors (Lipinski definition) is 5. The number of rotatable bonds is 1. The van der Waals surface area contributed by atoms with Gasteiger partial charge in [0.15, 0.2) is 0 Å². The summed E-state index contributed by atoms with van der Waals surface area (Å²) in [5.74, 6) is 0.151. The Hall–Kier alpha value is -1.24. The molecule has 0 atom stereocenters. The lowest BCUT2D eigenvalue weighted by Gasteiger charge is -2.25. The summed E-state index contributed by atoms with van der Waals surface area (Å²) in [6, 6.07) is 0. The third-order valence-corrected chi connectivity index (χ3v) is 1.71. The number of hydrogen-bond donors (Lipinski definition) is 0. The number of morpholine rings is 1. The molecule has 0 radical (unpaired) electrons. The zero-order chi connectivity index (χ0) is 8.39. The van der Waals surface area contributed by atoms with Gasteiger partial charge in [-0.15, -0.1) is 0 Å². The fourth-order valence-corrected chi connectivity index (χ4v) is 1.12. The molecule has 66 valence electrons. The zero-order valence-corrected chi connectivity index (χ0v) is 6.35. The van der Waals surface area contributed by atoms with E-state index in [4.69, 9.17) is 4.74 Å². The van der Waals surface area contributed by atoms with Crippen molar-refractivity contribution in [2.24, 2.45) is 0 Å². The molecule has 0 bridgehead atoms. The molecule has 1 saturated heterocycles. The van der Waals surface area contributed by atoms with Crippen LogP contribution in [0.2, 0.25) is 0 Å². The smallest absolute Gasteiger partial charge is 0.277 e. The number of aromatic nitrogens is 4. The lowest BCUT2D eigenvalue weighted by Crippen LogP contribution is -2.37. The van der Waals surface area contributed by atoms with E-state index in [1.54, 1.807) is 4.90 Å². The van der Waals surface area contributed by atoms with Crippen molar-refractivity contribution >= 4 is 5.95 Å². The first-order valence-corrected chi connectivity index (χ1v) is 3.65. The van der Waals surface area contributed by atoms with Crippen LogP contribution >= 0.6 is 0 Å². The minimum atomic E-state index is 0.151. The van der Waals surface area contributed by atoms with Crippen LogP contribution in [0.3, 0.4) is 0 Å². The van der Waals surface area contributed by atoms with Crippen LogP contribution in [-0.2, 0) is 4.74 Å². The van der Waals surface area contributed by atoms with Gasteiger partial charge < -0.3 is 9.64 Å². The Morgan fingerprint density at radius 1 is 1.33 bits per heavy atom. The molecule has 0 aromatic carbocycles. The lowest BCUT2D eigenvalue weighted by molar-refractivity contribution is 0.120. The molecule has 0 amide bonds. The fraction of sp³-hybridized carbons (Fsp3) is 0.800. The second-order valence-electron chi connectivity index (χ2n) is 2.44. The SMILES string of the molecule is Fn1nnnc1N1CCOCC1. The Morgan fingerprint density at radius 2 is 2.08 bits per heavy atom. The third kappa shape index (κ3) is 1.22. The van der Waals surface area contributed by atoms with Crippen molar-refractivity contribution in [1.82, 2.24) is 20.4 Å². The van der Waals surface area contributed by atoms with Crippen molar-refractivity contribution in [3.8, 4) is 0 Å². The van der Waals surface area contributed by atoms with Crippen LogP contribution in [0.5, 0.6) is 0 Å². The van der Waals surface area contributed by atoms with Crippen molar-refractivity contribution in [2.75, 3.05) is 31.2 Å². The standard InChI is InChI=1S/C5H8FN5O/c6-11-5(7-8-9-11)10-1-3-12-4-2-10/h1-4H2. The van der Waals surface area contributed by atoms with Gasteiger partial charge in [0.1, 0.15) is 0 Å². The first-order chi connectivity index (χ1) is 5.88. The summed E-state index contributed by atoms with van der Waals surface area (Å²) in [5, 5.41) is 9.84. The van der Waals surface area contributed by atoms with Crippen LogP contribution in [0.15, 0.2) is 0 Å². The summed E-state index contributed by atoms with van der Waals surface area (Å²) in [4.78, 5) is 1.91. The van der Waals surface area contributed by atoms with Gasteiger partial charge in [-0.1, -0.05) is 9.58 Å². The Labute approximate surface area is 67.8 Å². The second kappa shape index (κ2) is 3.02. The van der Waals surface area contributed by atoms with Crippen molar-refractivity contribution in [1.29, 1.82) is 0 Å². The molecule has 2 heterocycles. The van der Waals surface area contributed by atoms with E-state index < -0.39 is 0 Å². The maximum Gasteiger partial charge on any atom is 0.277 e. The highest BCUT2D eigenvalue weighted by molar-refractivity contribution is 5.27. The highest BCUT2D eigenvalue weighted by atomic mass is 19.2. The zero-order valence-electron chi connectivity index (χ0n) is 6.35. The number of tetrazole rings is 1. The number of nitrogens with zero attached hydrogens (tertiary/aromatic N) is 5. The molecular formula is C5H8FN5O. The molecule has 6 nitrogen and oxygen atoms in total. The van der Waals surface area contributed by atoms with Crippen LogP contribution in [0.1, 0.15) is 0 Å². The van der Waals surface area contributed by atoms with Crippen LogP contribution in [0.4, 0.5) is 10.4 Å². The average molecular weight is 173 g/mol. The van der Waals surface area contributed by atoms with Crippen LogP contribution in [0, 0.1) is 0 Å². The molecular weight excluding hydrogens is 165 g/mol. The molecule has 0 spiro atoms. The van der Waals surface area contributed by atoms with Gasteiger partial charge >= 0.3 is 0 Å². The van der Waals surface area contributed by atoms with Crippen LogP contribution in [0.25, 0.3) is 0 Å². The Kier molecular flexibility index (Phi) is 1.86. The van der Waals surface area contributed by atoms with Crippen molar-refractivity contribution in [3.05, 3.63) is 0 Å². The van der Waals surface area contributed by atoms with Gasteiger partial charge in [-0.05, 0) is 15.3 Å². The third-order valence-electron chi connectivity index (χ3n) is 1.71. The maximum absolute atomic E-state index is 12.7. The first-order valence-electron chi connectivity index (χ1n) is 3.65. The fourth-order valence-electron chi connectivity index (χ4n) is 1.12. The topological polar surface area (TPSA) is 56.1 Å². The van der Waals surface area contributed by atoms with Crippen LogP contribution < -0.4 is 4.90 Å². The molecule has 1 aliphatic rings. The molecule has 2 rings (SSSR count). The molecule has 12 heavy (non-hydrogen) atoms. The monoisotopic (exact) mass is 173 g/mol. The van der Waals surface area contributed by atoms with E-state index in [-0.39, 0.29) is 10.9 Å². The average Bonchev–Trinajstić information content (AvgIpc) is 2.53. The number of ether oxygens (including phenoxy) is 1. The molecule has 7 heteroatoms. The van der Waals surface area contributed by atoms with Gasteiger partial charge in [-0.3, -0.25) is 0 Å². The predicted octanol–water partition coefficient (Wildman–Crippen LogP) is -0.758. The molecule has 0 unspecified atom stereocenters. The van der Waals surface area contributed by atoms with E-state index in [9.17, 15) is 4.48 Å². The highest BCUT2D eigenvalue weighted by Gasteiger charge is 2.17. The van der Waals surface area contributed by atoms with Crippen molar-refractivity contribution in [2.45, 2.75) is 0 Å². The Morgan fingerprint density at radius 3 is 2.67 bits per heavy atom. The van der Waals surface area contributed by atoms with E-state index in [2.05, 4.69) is 15.5 Å². The molecule has 0 aliphatic carbocycles. The molecule has 1 aliphatic heterocycles. The summed E-state index contributed by atoms with van der Waals surface area (Å²) >= 11 is 0. The maximum atomic E-state index is 12.7. The number of halogens is 1. The van der Waals surface area contributed by atoms with Gasteiger partial charge in [0.2, 0.25) is 0 Å². The molecule has 1 aromatic rings. The minimum absolute atomic E-state index is 0.151. The van der Waals surface area contributed by atoms with E-state index in [0.717, 1.165) is 0 Å². The summed E-state index contributed by atoms with van der Waals surface area (Å²) < 4.78 is 17.8. The van der Waals surface area contributed by atoms with E-state index in [1.165, 1.54) is 0 Å². The van der Waals surface area contributed by atoms with E-state index in [0.29, 0.717) is 26.3 Å². The summed E-state index contributed by atoms with van der Waals surface area (Å²) in [6.07, 6.45) is 0. The molecule has 0 saturated carbocycles. The van der Waals surface area contributed by atoms with E-state index >= 15 is 0 Å². The van der Waals surface area contributed by atoms with Crippen molar-refractivity contribution in [3.63, 3.8) is 0 Å². The molecule has 0 N–H and O–H groups in total. The Bertz CT molecular complexity index is 258. The second-order valence-corrected chi connectivity index (χ2v) is 2.44. The summed E-state index contributed by atoms with van der Waals surface area (Å²) in [6.45, 7) is 2.44. The lowest BCUT2D eigenvalue weighted by atomic mass is 10.4. The quantitative estimate of drug-likeness (QED) is 0.558. The first kappa shape index (κ1) is 7.41. The summed E-state index contributed by atoms with van der Waals surface area (Å²) in [7, 11) is 0. The van der Waals surface area contributed by atoms with Gasteiger partial charge in [-0.2, -0.15) is 0 Å². The largest absolute Gasteiger partial charge is 0.378 e. The van der Waals surface area contributed by atoms with Gasteiger partial charge in [0, 0.05) is 13.1 Å². The predicted molar refractivity (Wildman–Crippen MR) is 37.4 cm³/mol. The summed E-state index contributed by atoms with van der Waals surface area (Å²) in [5.41, 5.74) is 0. The number of anilines is 1. The molecule has 1 aromatic heterocycles. The van der Waals surface area contributed by atoms with Gasteiger partial charge in [0.25, 0.3) is 5.95 Å². The Balaban J connectivity index is 2.13. The van der Waals surface area contributed by atoms with Crippen LogP contribution in [-0.4, -0.2) is 46.7 Å². The van der Waals surface area contributed by atoms with Crippen molar-refractivity contribution < 1.29 is 9.22 Å². The normalized spacial score (nSPS) is 18.2.